The molecule has 0 aliphatic heterocycles. The minimum Gasteiger partial charge on any atom is -0.444 e. The zero-order valence-corrected chi connectivity index (χ0v) is 16.5. The Kier molecular flexibility index (Phi) is 7.31. The lowest BCUT2D eigenvalue weighted by atomic mass is 10.0. The minimum atomic E-state index is -0.694. The number of carbonyl (C=O) groups excluding carboxylic acids is 1. The maximum Gasteiger partial charge on any atom is 0.414 e. The topological polar surface area (TPSA) is 122 Å². The van der Waals surface area contributed by atoms with E-state index in [1.54, 1.807) is 20.8 Å². The molecule has 0 bridgehead atoms. The third-order valence-electron chi connectivity index (χ3n) is 3.49. The van der Waals surface area contributed by atoms with Crippen molar-refractivity contribution in [3.05, 3.63) is 46.3 Å². The molecule has 1 aromatic heterocycles. The number of anilines is 1. The zero-order chi connectivity index (χ0) is 20.6. The van der Waals surface area contributed by atoms with E-state index in [0.29, 0.717) is 30.9 Å². The average Bonchev–Trinajstić information content (AvgIpc) is 2.62. The number of nitrogens with one attached hydrogen (secondary N) is 1. The largest absolute Gasteiger partial charge is 0.444 e. The highest BCUT2D eigenvalue weighted by Crippen LogP contribution is 2.30. The van der Waals surface area contributed by atoms with E-state index in [1.807, 2.05) is 37.3 Å². The maximum absolute atomic E-state index is 12.1. The second-order valence-corrected chi connectivity index (χ2v) is 6.83. The van der Waals surface area contributed by atoms with E-state index in [4.69, 9.17) is 15.0 Å². The summed E-state index contributed by atoms with van der Waals surface area (Å²) in [6, 6.07) is 9.39. The van der Waals surface area contributed by atoms with E-state index in [2.05, 4.69) is 25.3 Å². The SMILES string of the molecule is CCOCCc1c(N=[N+]=[N-])nc(NC(=O)OC(C)(C)C)nc1-c1ccccc1. The van der Waals surface area contributed by atoms with Crippen LogP contribution in [0.2, 0.25) is 0 Å². The molecule has 0 spiro atoms. The highest BCUT2D eigenvalue weighted by Gasteiger charge is 2.20. The van der Waals surface area contributed by atoms with Crippen LogP contribution in [0.3, 0.4) is 0 Å². The molecule has 148 valence electrons. The standard InChI is InChI=1S/C19H24N6O3/c1-5-27-12-11-14-15(13-9-7-6-8-10-13)21-17(22-16(14)24-25-20)23-18(26)28-19(2,3)4/h6-10H,5,11-12H2,1-4H3,(H,21,22,23,26). The molecule has 9 nitrogen and oxygen atoms in total. The first kappa shape index (κ1) is 21.1. The fraction of sp³-hybridized carbons (Fsp3) is 0.421. The van der Waals surface area contributed by atoms with Gasteiger partial charge in [0.1, 0.15) is 11.4 Å². The van der Waals surface area contributed by atoms with E-state index < -0.39 is 11.7 Å². The van der Waals surface area contributed by atoms with Crippen molar-refractivity contribution in [2.75, 3.05) is 18.5 Å². The second-order valence-electron chi connectivity index (χ2n) is 6.83. The van der Waals surface area contributed by atoms with Gasteiger partial charge < -0.3 is 9.47 Å². The third kappa shape index (κ3) is 6.22. The molecule has 1 amide bonds. The van der Waals surface area contributed by atoms with Gasteiger partial charge in [-0.05, 0) is 44.8 Å². The molecule has 1 heterocycles. The highest BCUT2D eigenvalue weighted by atomic mass is 16.6. The van der Waals surface area contributed by atoms with Crippen LogP contribution in [0.15, 0.2) is 35.4 Å². The van der Waals surface area contributed by atoms with Crippen molar-refractivity contribution in [2.24, 2.45) is 5.11 Å². The molecule has 2 aromatic rings. The van der Waals surface area contributed by atoms with Crippen molar-refractivity contribution in [3.8, 4) is 11.3 Å². The fourth-order valence-corrected chi connectivity index (χ4v) is 2.43. The quantitative estimate of drug-likeness (QED) is 0.311. The first-order valence-corrected chi connectivity index (χ1v) is 8.93. The molecule has 0 fully saturated rings. The van der Waals surface area contributed by atoms with Gasteiger partial charge in [-0.15, -0.1) is 0 Å². The first-order valence-electron chi connectivity index (χ1n) is 8.93. The number of azide groups is 1. The Balaban J connectivity index is 2.49. The summed E-state index contributed by atoms with van der Waals surface area (Å²) < 4.78 is 10.7. The van der Waals surface area contributed by atoms with Gasteiger partial charge in [-0.1, -0.05) is 30.3 Å². The van der Waals surface area contributed by atoms with Gasteiger partial charge in [-0.2, -0.15) is 0 Å². The molecule has 0 saturated carbocycles. The van der Waals surface area contributed by atoms with E-state index >= 15 is 0 Å². The monoisotopic (exact) mass is 384 g/mol. The number of amides is 1. The Bertz CT molecular complexity index is 858. The van der Waals surface area contributed by atoms with Crippen molar-refractivity contribution in [3.63, 3.8) is 0 Å². The van der Waals surface area contributed by atoms with Crippen LogP contribution in [0.4, 0.5) is 16.6 Å². The van der Waals surface area contributed by atoms with Crippen LogP contribution in [0.1, 0.15) is 33.3 Å². The smallest absolute Gasteiger partial charge is 0.414 e. The molecule has 0 aliphatic carbocycles. The molecule has 9 heteroatoms. The van der Waals surface area contributed by atoms with Crippen LogP contribution in [-0.2, 0) is 15.9 Å². The molecule has 0 radical (unpaired) electrons. The van der Waals surface area contributed by atoms with Crippen molar-refractivity contribution in [1.82, 2.24) is 9.97 Å². The summed E-state index contributed by atoms with van der Waals surface area (Å²) in [5, 5.41) is 6.20. The van der Waals surface area contributed by atoms with Crippen LogP contribution in [0.25, 0.3) is 21.7 Å². The number of hydrogen-bond donors (Lipinski definition) is 1. The lowest BCUT2D eigenvalue weighted by Crippen LogP contribution is -2.28. The van der Waals surface area contributed by atoms with Gasteiger partial charge in [0.25, 0.3) is 0 Å². The number of hydrogen-bond acceptors (Lipinski definition) is 6. The van der Waals surface area contributed by atoms with Gasteiger partial charge in [0, 0.05) is 22.6 Å². The second kappa shape index (κ2) is 9.68. The Morgan fingerprint density at radius 2 is 1.96 bits per heavy atom. The Morgan fingerprint density at radius 1 is 1.25 bits per heavy atom. The Hall–Kier alpha value is -3.16. The van der Waals surface area contributed by atoms with Gasteiger partial charge in [-0.3, -0.25) is 5.32 Å². The molecule has 0 unspecified atom stereocenters. The van der Waals surface area contributed by atoms with E-state index in [0.717, 1.165) is 5.56 Å². The molecule has 0 aliphatic rings. The van der Waals surface area contributed by atoms with Gasteiger partial charge in [-0.25, -0.2) is 14.8 Å². The molecule has 0 saturated heterocycles. The number of aromatic nitrogens is 2. The number of nitrogens with zero attached hydrogens (tertiary/aromatic N) is 5. The van der Waals surface area contributed by atoms with Crippen molar-refractivity contribution in [1.29, 1.82) is 0 Å². The summed E-state index contributed by atoms with van der Waals surface area (Å²) in [6.45, 7) is 8.15. The minimum absolute atomic E-state index is 0.00402. The number of ether oxygens (including phenoxy) is 2. The van der Waals surface area contributed by atoms with Gasteiger partial charge in [0.2, 0.25) is 5.95 Å². The predicted molar refractivity (Wildman–Crippen MR) is 106 cm³/mol. The molecule has 2 rings (SSSR count). The van der Waals surface area contributed by atoms with Gasteiger partial charge in [0.15, 0.2) is 0 Å². The van der Waals surface area contributed by atoms with Crippen LogP contribution in [0.5, 0.6) is 0 Å². The van der Waals surface area contributed by atoms with Gasteiger partial charge >= 0.3 is 6.09 Å². The highest BCUT2D eigenvalue weighted by molar-refractivity contribution is 5.83. The van der Waals surface area contributed by atoms with Crippen LogP contribution in [0, 0.1) is 0 Å². The number of benzene rings is 1. The lowest BCUT2D eigenvalue weighted by molar-refractivity contribution is 0.0634. The van der Waals surface area contributed by atoms with Gasteiger partial charge in [0.05, 0.1) is 12.3 Å². The van der Waals surface area contributed by atoms with Crippen LogP contribution >= 0.6 is 0 Å². The Morgan fingerprint density at radius 3 is 2.57 bits per heavy atom. The van der Waals surface area contributed by atoms with Crippen molar-refractivity contribution >= 4 is 17.9 Å². The Labute approximate surface area is 163 Å². The number of carbonyl (C=O) groups is 1. The summed E-state index contributed by atoms with van der Waals surface area (Å²) in [5.41, 5.74) is 10.3. The van der Waals surface area contributed by atoms with E-state index in [9.17, 15) is 4.79 Å². The summed E-state index contributed by atoms with van der Waals surface area (Å²) >= 11 is 0. The lowest BCUT2D eigenvalue weighted by Gasteiger charge is -2.20. The number of rotatable bonds is 7. The average molecular weight is 384 g/mol. The molecular weight excluding hydrogens is 360 g/mol. The van der Waals surface area contributed by atoms with Crippen molar-refractivity contribution < 1.29 is 14.3 Å². The molecule has 28 heavy (non-hydrogen) atoms. The molecule has 1 aromatic carbocycles. The third-order valence-corrected chi connectivity index (χ3v) is 3.49. The summed E-state index contributed by atoms with van der Waals surface area (Å²) in [6.07, 6.45) is -0.237. The predicted octanol–water partition coefficient (Wildman–Crippen LogP) is 5.01. The van der Waals surface area contributed by atoms with Crippen LogP contribution in [-0.4, -0.2) is 34.9 Å². The summed E-state index contributed by atoms with van der Waals surface area (Å²) in [7, 11) is 0. The zero-order valence-electron chi connectivity index (χ0n) is 16.5. The van der Waals surface area contributed by atoms with E-state index in [-0.39, 0.29) is 11.8 Å². The summed E-state index contributed by atoms with van der Waals surface area (Å²) in [5.74, 6) is 0.137. The normalized spacial score (nSPS) is 10.9. The van der Waals surface area contributed by atoms with Crippen LogP contribution < -0.4 is 5.32 Å². The summed E-state index contributed by atoms with van der Waals surface area (Å²) in [4.78, 5) is 23.6. The maximum atomic E-state index is 12.1. The molecular formula is C19H24N6O3. The molecule has 1 N–H and O–H groups in total. The first-order chi connectivity index (χ1) is 13.3. The molecule has 0 atom stereocenters. The fourth-order valence-electron chi connectivity index (χ4n) is 2.43. The van der Waals surface area contributed by atoms with Crippen molar-refractivity contribution in [2.45, 2.75) is 39.7 Å². The van der Waals surface area contributed by atoms with E-state index in [1.165, 1.54) is 0 Å².